The number of nitrogens with one attached hydrogen (secondary N) is 1. The highest BCUT2D eigenvalue weighted by molar-refractivity contribution is 6.35. The molecule has 0 fully saturated rings. The molecule has 1 aromatic rings. The molecule has 1 aromatic carbocycles. The molecule has 2 unspecified atom stereocenters. The van der Waals surface area contributed by atoms with E-state index >= 15 is 0 Å². The number of hydrogen-bond donors (Lipinski definition) is 1. The zero-order valence-corrected chi connectivity index (χ0v) is 11.6. The average Bonchev–Trinajstić information content (AvgIpc) is 2.26. The monoisotopic (exact) mass is 259 g/mol. The van der Waals surface area contributed by atoms with Gasteiger partial charge in [-0.1, -0.05) is 56.5 Å². The van der Waals surface area contributed by atoms with Gasteiger partial charge >= 0.3 is 0 Å². The third-order valence-corrected chi connectivity index (χ3v) is 3.50. The van der Waals surface area contributed by atoms with Gasteiger partial charge in [0.1, 0.15) is 0 Å². The molecule has 1 rings (SSSR count). The molecular weight excluding hydrogens is 241 g/mol. The van der Waals surface area contributed by atoms with Gasteiger partial charge in [-0.25, -0.2) is 0 Å². The zero-order chi connectivity index (χ0) is 12.1. The fourth-order valence-corrected chi connectivity index (χ4v) is 2.35. The molecule has 0 saturated carbocycles. The van der Waals surface area contributed by atoms with Crippen LogP contribution in [0.25, 0.3) is 0 Å². The Bertz CT molecular complexity index is 339. The first-order valence-electron chi connectivity index (χ1n) is 5.78. The summed E-state index contributed by atoms with van der Waals surface area (Å²) >= 11 is 12.1. The Morgan fingerprint density at radius 3 is 2.44 bits per heavy atom. The maximum absolute atomic E-state index is 6.24. The van der Waals surface area contributed by atoms with Crippen LogP contribution in [0.3, 0.4) is 0 Å². The van der Waals surface area contributed by atoms with Crippen LogP contribution in [0.5, 0.6) is 0 Å². The van der Waals surface area contributed by atoms with Crippen molar-refractivity contribution in [1.29, 1.82) is 0 Å². The first-order valence-corrected chi connectivity index (χ1v) is 6.54. The fourth-order valence-electron chi connectivity index (χ4n) is 1.83. The van der Waals surface area contributed by atoms with Crippen molar-refractivity contribution in [2.24, 2.45) is 5.92 Å². The smallest absolute Gasteiger partial charge is 0.0468 e. The predicted octanol–water partition coefficient (Wildman–Crippen LogP) is 4.69. The molecule has 0 spiro atoms. The Labute approximate surface area is 108 Å². The van der Waals surface area contributed by atoms with Crippen molar-refractivity contribution in [3.05, 3.63) is 33.8 Å². The summed E-state index contributed by atoms with van der Waals surface area (Å²) in [5.41, 5.74) is 1.14. The largest absolute Gasteiger partial charge is 0.310 e. The molecule has 0 aromatic heterocycles. The molecule has 90 valence electrons. The standard InChI is InChI=1S/C13H19Cl2N/c1-4-9(3)13(16-5-2)11-7-6-10(14)8-12(11)15/h6-9,13,16H,4-5H2,1-3H3. The molecule has 0 radical (unpaired) electrons. The van der Waals surface area contributed by atoms with Crippen molar-refractivity contribution in [1.82, 2.24) is 5.32 Å². The summed E-state index contributed by atoms with van der Waals surface area (Å²) in [6.07, 6.45) is 1.12. The van der Waals surface area contributed by atoms with Gasteiger partial charge in [0, 0.05) is 16.1 Å². The number of hydrogen-bond acceptors (Lipinski definition) is 1. The van der Waals surface area contributed by atoms with Crippen LogP contribution in [0, 0.1) is 5.92 Å². The number of benzene rings is 1. The highest BCUT2D eigenvalue weighted by Gasteiger charge is 2.19. The van der Waals surface area contributed by atoms with Crippen molar-refractivity contribution in [2.75, 3.05) is 6.54 Å². The Morgan fingerprint density at radius 2 is 1.94 bits per heavy atom. The zero-order valence-electron chi connectivity index (χ0n) is 10.1. The topological polar surface area (TPSA) is 12.0 Å². The van der Waals surface area contributed by atoms with Gasteiger partial charge in [0.05, 0.1) is 0 Å². The molecule has 0 aliphatic heterocycles. The van der Waals surface area contributed by atoms with Gasteiger partial charge < -0.3 is 5.32 Å². The summed E-state index contributed by atoms with van der Waals surface area (Å²) in [5.74, 6) is 0.554. The Hall–Kier alpha value is -0.240. The third-order valence-electron chi connectivity index (χ3n) is 2.93. The van der Waals surface area contributed by atoms with E-state index < -0.39 is 0 Å². The van der Waals surface area contributed by atoms with E-state index in [9.17, 15) is 0 Å². The normalized spacial score (nSPS) is 14.8. The molecule has 1 nitrogen and oxygen atoms in total. The van der Waals surface area contributed by atoms with E-state index in [1.807, 2.05) is 18.2 Å². The lowest BCUT2D eigenvalue weighted by Gasteiger charge is -2.25. The average molecular weight is 260 g/mol. The van der Waals surface area contributed by atoms with Crippen LogP contribution in [0.4, 0.5) is 0 Å². The van der Waals surface area contributed by atoms with Crippen LogP contribution in [-0.4, -0.2) is 6.54 Å². The SMILES string of the molecule is CCNC(c1ccc(Cl)cc1Cl)C(C)CC. The maximum atomic E-state index is 6.24. The highest BCUT2D eigenvalue weighted by atomic mass is 35.5. The van der Waals surface area contributed by atoms with Crippen LogP contribution in [0.1, 0.15) is 38.8 Å². The number of halogens is 2. The predicted molar refractivity (Wildman–Crippen MR) is 72.3 cm³/mol. The Kier molecular flexibility index (Phi) is 5.60. The molecule has 0 amide bonds. The molecule has 0 bridgehead atoms. The summed E-state index contributed by atoms with van der Waals surface area (Å²) in [4.78, 5) is 0. The summed E-state index contributed by atoms with van der Waals surface area (Å²) in [6.45, 7) is 7.48. The van der Waals surface area contributed by atoms with E-state index in [0.717, 1.165) is 23.6 Å². The summed E-state index contributed by atoms with van der Waals surface area (Å²) in [6, 6.07) is 6.03. The number of rotatable bonds is 5. The van der Waals surface area contributed by atoms with Gasteiger partial charge in [0.2, 0.25) is 0 Å². The summed E-state index contributed by atoms with van der Waals surface area (Å²) in [5, 5.41) is 4.92. The maximum Gasteiger partial charge on any atom is 0.0468 e. The molecule has 3 heteroatoms. The van der Waals surface area contributed by atoms with Gasteiger partial charge in [-0.05, 0) is 30.2 Å². The van der Waals surface area contributed by atoms with E-state index in [1.165, 1.54) is 0 Å². The lowest BCUT2D eigenvalue weighted by Crippen LogP contribution is -2.26. The van der Waals surface area contributed by atoms with Gasteiger partial charge in [-0.3, -0.25) is 0 Å². The van der Waals surface area contributed by atoms with Crippen LogP contribution >= 0.6 is 23.2 Å². The molecule has 0 aliphatic carbocycles. The van der Waals surface area contributed by atoms with Crippen LogP contribution in [-0.2, 0) is 0 Å². The second kappa shape index (κ2) is 6.48. The van der Waals surface area contributed by atoms with Crippen molar-refractivity contribution >= 4 is 23.2 Å². The Balaban J connectivity index is 3.00. The highest BCUT2D eigenvalue weighted by Crippen LogP contribution is 2.31. The quantitative estimate of drug-likeness (QED) is 0.809. The molecule has 2 atom stereocenters. The molecule has 0 aliphatic rings. The minimum Gasteiger partial charge on any atom is -0.310 e. The first-order chi connectivity index (χ1) is 7.60. The Morgan fingerprint density at radius 1 is 1.25 bits per heavy atom. The van der Waals surface area contributed by atoms with Gasteiger partial charge in [-0.2, -0.15) is 0 Å². The van der Waals surface area contributed by atoms with Gasteiger partial charge in [-0.15, -0.1) is 0 Å². The lowest BCUT2D eigenvalue weighted by molar-refractivity contribution is 0.384. The molecule has 0 heterocycles. The second-order valence-corrected chi connectivity index (χ2v) is 4.93. The van der Waals surface area contributed by atoms with E-state index in [0.29, 0.717) is 17.0 Å². The van der Waals surface area contributed by atoms with Crippen LogP contribution in [0.2, 0.25) is 10.0 Å². The minimum absolute atomic E-state index is 0.305. The second-order valence-electron chi connectivity index (χ2n) is 4.09. The minimum atomic E-state index is 0.305. The fraction of sp³-hybridized carbons (Fsp3) is 0.538. The molecular formula is C13H19Cl2N. The van der Waals surface area contributed by atoms with Crippen molar-refractivity contribution in [2.45, 2.75) is 33.2 Å². The van der Waals surface area contributed by atoms with Crippen LogP contribution in [0.15, 0.2) is 18.2 Å². The van der Waals surface area contributed by atoms with Gasteiger partial charge in [0.25, 0.3) is 0 Å². The van der Waals surface area contributed by atoms with Crippen molar-refractivity contribution in [3.8, 4) is 0 Å². The molecule has 16 heavy (non-hydrogen) atoms. The molecule has 1 N–H and O–H groups in total. The summed E-state index contributed by atoms with van der Waals surface area (Å²) in [7, 11) is 0. The first kappa shape index (κ1) is 13.8. The summed E-state index contributed by atoms with van der Waals surface area (Å²) < 4.78 is 0. The van der Waals surface area contributed by atoms with Crippen molar-refractivity contribution in [3.63, 3.8) is 0 Å². The van der Waals surface area contributed by atoms with E-state index in [1.54, 1.807) is 0 Å². The van der Waals surface area contributed by atoms with Crippen LogP contribution < -0.4 is 5.32 Å². The van der Waals surface area contributed by atoms with E-state index in [2.05, 4.69) is 26.1 Å². The van der Waals surface area contributed by atoms with Gasteiger partial charge in [0.15, 0.2) is 0 Å². The van der Waals surface area contributed by atoms with Crippen molar-refractivity contribution < 1.29 is 0 Å². The lowest BCUT2D eigenvalue weighted by atomic mass is 9.92. The third kappa shape index (κ3) is 3.38. The van der Waals surface area contributed by atoms with E-state index in [-0.39, 0.29) is 0 Å². The molecule has 0 saturated heterocycles. The van der Waals surface area contributed by atoms with E-state index in [4.69, 9.17) is 23.2 Å².